The Labute approximate surface area is 69.1 Å². The molecule has 0 fully saturated rings. The van der Waals surface area contributed by atoms with Crippen LogP contribution >= 0.6 is 0 Å². The normalized spacial score (nSPS) is 16.7. The van der Waals surface area contributed by atoms with Crippen LogP contribution in [0.2, 0.25) is 0 Å². The first-order valence-electron chi connectivity index (χ1n) is 3.85. The highest BCUT2D eigenvalue weighted by Gasteiger charge is 2.12. The lowest BCUT2D eigenvalue weighted by Gasteiger charge is -2.12. The average Bonchev–Trinajstić information content (AvgIpc) is 1.87. The highest BCUT2D eigenvalue weighted by molar-refractivity contribution is 5.08. The zero-order chi connectivity index (χ0) is 8.91. The van der Waals surface area contributed by atoms with Gasteiger partial charge in [-0.2, -0.15) is 0 Å². The van der Waals surface area contributed by atoms with Gasteiger partial charge in [0, 0.05) is 6.42 Å². The Kier molecular flexibility index (Phi) is 3.92. The van der Waals surface area contributed by atoms with Crippen molar-refractivity contribution in [1.29, 1.82) is 0 Å². The topological polar surface area (TPSA) is 20.2 Å². The monoisotopic (exact) mass is 152 g/mol. The van der Waals surface area contributed by atoms with Crippen LogP contribution in [-0.2, 0) is 0 Å². The van der Waals surface area contributed by atoms with Gasteiger partial charge in [-0.25, -0.2) is 0 Å². The summed E-state index contributed by atoms with van der Waals surface area (Å²) in [5.74, 6) is 2.84. The van der Waals surface area contributed by atoms with Gasteiger partial charge in [0.2, 0.25) is 0 Å². The summed E-state index contributed by atoms with van der Waals surface area (Å²) < 4.78 is 0. The minimum absolute atomic E-state index is 0.517. The van der Waals surface area contributed by atoms with E-state index in [0.29, 0.717) is 12.3 Å². The molecule has 0 heterocycles. The Hall–Kier alpha value is -0.740. The molecule has 0 aromatic heterocycles. The summed E-state index contributed by atoms with van der Waals surface area (Å²) in [6, 6.07) is 0. The first-order chi connectivity index (χ1) is 4.98. The Morgan fingerprint density at radius 1 is 1.64 bits per heavy atom. The zero-order valence-electron chi connectivity index (χ0n) is 7.46. The molecule has 0 aliphatic heterocycles. The van der Waals surface area contributed by atoms with Gasteiger partial charge >= 0.3 is 0 Å². The van der Waals surface area contributed by atoms with Crippen molar-refractivity contribution in [2.24, 2.45) is 5.92 Å². The fourth-order valence-corrected chi connectivity index (χ4v) is 0.629. The molecule has 1 nitrogen and oxygen atoms in total. The third kappa shape index (κ3) is 5.69. The maximum Gasteiger partial charge on any atom is 0.125 e. The van der Waals surface area contributed by atoms with Crippen LogP contribution in [0.1, 0.15) is 27.2 Å². The quantitative estimate of drug-likeness (QED) is 0.484. The second-order valence-corrected chi connectivity index (χ2v) is 3.29. The molecule has 0 aromatic rings. The third-order valence-electron chi connectivity index (χ3n) is 1.35. The smallest absolute Gasteiger partial charge is 0.125 e. The lowest BCUT2D eigenvalue weighted by Crippen LogP contribution is -2.19. The van der Waals surface area contributed by atoms with Crippen molar-refractivity contribution in [2.75, 3.05) is 0 Å². The van der Waals surface area contributed by atoms with Gasteiger partial charge in [-0.05, 0) is 12.8 Å². The van der Waals surface area contributed by atoms with Crippen LogP contribution in [0.5, 0.6) is 0 Å². The molecule has 0 saturated carbocycles. The van der Waals surface area contributed by atoms with Gasteiger partial charge < -0.3 is 5.11 Å². The van der Waals surface area contributed by atoms with E-state index in [-0.39, 0.29) is 0 Å². The molecule has 1 unspecified atom stereocenters. The van der Waals surface area contributed by atoms with Gasteiger partial charge in [-0.15, -0.1) is 6.42 Å². The van der Waals surface area contributed by atoms with Gasteiger partial charge in [0.1, 0.15) is 5.60 Å². The van der Waals surface area contributed by atoms with Crippen LogP contribution in [0, 0.1) is 18.3 Å². The standard InChI is InChI=1S/C10H16O/c1-5-10(4,11)8-6-7-9(2)3/h1,6-7,9,11H,8H2,2-4H3. The Balaban J connectivity index is 3.81. The first kappa shape index (κ1) is 10.3. The van der Waals surface area contributed by atoms with Crippen LogP contribution in [-0.4, -0.2) is 10.7 Å². The lowest BCUT2D eigenvalue weighted by molar-refractivity contribution is 0.126. The fraction of sp³-hybridized carbons (Fsp3) is 0.600. The molecular formula is C10H16O. The van der Waals surface area contributed by atoms with Crippen molar-refractivity contribution in [2.45, 2.75) is 32.8 Å². The molecule has 0 saturated heterocycles. The maximum absolute atomic E-state index is 9.35. The molecule has 0 aromatic carbocycles. The van der Waals surface area contributed by atoms with Crippen molar-refractivity contribution >= 4 is 0 Å². The molecule has 0 spiro atoms. The second-order valence-electron chi connectivity index (χ2n) is 3.29. The van der Waals surface area contributed by atoms with Crippen molar-refractivity contribution in [3.63, 3.8) is 0 Å². The number of rotatable bonds is 3. The highest BCUT2D eigenvalue weighted by Crippen LogP contribution is 2.08. The molecule has 1 atom stereocenters. The van der Waals surface area contributed by atoms with E-state index in [1.807, 2.05) is 12.2 Å². The van der Waals surface area contributed by atoms with E-state index in [9.17, 15) is 5.11 Å². The molecule has 0 amide bonds. The first-order valence-corrected chi connectivity index (χ1v) is 3.85. The van der Waals surface area contributed by atoms with E-state index in [0.717, 1.165) is 0 Å². The third-order valence-corrected chi connectivity index (χ3v) is 1.35. The van der Waals surface area contributed by atoms with Crippen LogP contribution in [0.4, 0.5) is 0 Å². The Bertz CT molecular complexity index is 170. The van der Waals surface area contributed by atoms with Crippen LogP contribution in [0.25, 0.3) is 0 Å². The minimum atomic E-state index is -0.981. The van der Waals surface area contributed by atoms with E-state index in [1.54, 1.807) is 6.92 Å². The molecule has 0 aliphatic carbocycles. The lowest BCUT2D eigenvalue weighted by atomic mass is 10.0. The second kappa shape index (κ2) is 4.20. The number of hydrogen-bond acceptors (Lipinski definition) is 1. The highest BCUT2D eigenvalue weighted by atomic mass is 16.3. The average molecular weight is 152 g/mol. The van der Waals surface area contributed by atoms with Gasteiger partial charge in [0.25, 0.3) is 0 Å². The van der Waals surface area contributed by atoms with Gasteiger partial charge in [-0.1, -0.05) is 31.9 Å². The summed E-state index contributed by atoms with van der Waals surface area (Å²) in [7, 11) is 0. The molecule has 62 valence electrons. The summed E-state index contributed by atoms with van der Waals surface area (Å²) in [6.07, 6.45) is 9.57. The van der Waals surface area contributed by atoms with E-state index in [1.165, 1.54) is 0 Å². The predicted molar refractivity (Wildman–Crippen MR) is 48.1 cm³/mol. The van der Waals surface area contributed by atoms with Gasteiger partial charge in [0.15, 0.2) is 0 Å². The molecular weight excluding hydrogens is 136 g/mol. The van der Waals surface area contributed by atoms with Gasteiger partial charge in [-0.3, -0.25) is 0 Å². The summed E-state index contributed by atoms with van der Waals surface area (Å²) in [5.41, 5.74) is -0.981. The zero-order valence-corrected chi connectivity index (χ0v) is 7.46. The van der Waals surface area contributed by atoms with Crippen LogP contribution in [0.15, 0.2) is 12.2 Å². The van der Waals surface area contributed by atoms with Crippen molar-refractivity contribution in [1.82, 2.24) is 0 Å². The Morgan fingerprint density at radius 2 is 2.18 bits per heavy atom. The van der Waals surface area contributed by atoms with E-state index in [4.69, 9.17) is 6.42 Å². The number of hydrogen-bond donors (Lipinski definition) is 1. The number of terminal acetylenes is 1. The van der Waals surface area contributed by atoms with E-state index in [2.05, 4.69) is 19.8 Å². The largest absolute Gasteiger partial charge is 0.378 e. The molecule has 0 radical (unpaired) electrons. The van der Waals surface area contributed by atoms with Crippen molar-refractivity contribution in [3.05, 3.63) is 12.2 Å². The van der Waals surface area contributed by atoms with Crippen molar-refractivity contribution < 1.29 is 5.11 Å². The summed E-state index contributed by atoms with van der Waals surface area (Å²) >= 11 is 0. The minimum Gasteiger partial charge on any atom is -0.378 e. The molecule has 11 heavy (non-hydrogen) atoms. The SMILES string of the molecule is C#CC(C)(O)CC=CC(C)C. The molecule has 1 N–H and O–H groups in total. The predicted octanol–water partition coefficient (Wildman–Crippen LogP) is 1.97. The molecule has 1 heteroatoms. The number of allylic oxidation sites excluding steroid dienone is 1. The fourth-order valence-electron chi connectivity index (χ4n) is 0.629. The molecule has 0 rings (SSSR count). The summed E-state index contributed by atoms with van der Waals surface area (Å²) in [5, 5.41) is 9.35. The van der Waals surface area contributed by atoms with Crippen LogP contribution < -0.4 is 0 Å². The molecule has 0 aliphatic rings. The van der Waals surface area contributed by atoms with Gasteiger partial charge in [0.05, 0.1) is 0 Å². The maximum atomic E-state index is 9.35. The van der Waals surface area contributed by atoms with E-state index >= 15 is 0 Å². The van der Waals surface area contributed by atoms with Crippen molar-refractivity contribution in [3.8, 4) is 12.3 Å². The van der Waals surface area contributed by atoms with Crippen LogP contribution in [0.3, 0.4) is 0 Å². The summed E-state index contributed by atoms with van der Waals surface area (Å²) in [6.45, 7) is 5.81. The number of aliphatic hydroxyl groups is 1. The van der Waals surface area contributed by atoms with E-state index < -0.39 is 5.60 Å². The molecule has 0 bridgehead atoms. The Morgan fingerprint density at radius 3 is 2.55 bits per heavy atom. The summed E-state index contributed by atoms with van der Waals surface area (Å²) in [4.78, 5) is 0.